The van der Waals surface area contributed by atoms with Gasteiger partial charge in [-0.3, -0.25) is 0 Å². The summed E-state index contributed by atoms with van der Waals surface area (Å²) in [7, 11) is 0. The maximum atomic E-state index is 5.02. The molecule has 1 aliphatic rings. The third-order valence-corrected chi connectivity index (χ3v) is 11.4. The van der Waals surface area contributed by atoms with Gasteiger partial charge in [-0.25, -0.2) is 15.0 Å². The highest BCUT2D eigenvalue weighted by Gasteiger charge is 2.27. The molecule has 0 aliphatic heterocycles. The highest BCUT2D eigenvalue weighted by atomic mass is 15.0. The van der Waals surface area contributed by atoms with Crippen LogP contribution in [-0.2, 0) is 0 Å². The third-order valence-electron chi connectivity index (χ3n) is 11.4. The van der Waals surface area contributed by atoms with Crippen LogP contribution in [0.1, 0.15) is 0 Å². The van der Waals surface area contributed by atoms with Crippen LogP contribution in [0.15, 0.2) is 182 Å². The summed E-state index contributed by atoms with van der Waals surface area (Å²) in [5, 5.41) is 10.2. The first-order chi connectivity index (χ1) is 27.3. The fraction of sp³-hybridized carbons (Fsp3) is 0. The summed E-state index contributed by atoms with van der Waals surface area (Å²) < 4.78 is 2.49. The largest absolute Gasteiger partial charge is 0.309 e. The molecule has 55 heavy (non-hydrogen) atoms. The molecule has 1 aliphatic carbocycles. The van der Waals surface area contributed by atoms with E-state index in [-0.39, 0.29) is 0 Å². The van der Waals surface area contributed by atoms with Gasteiger partial charge in [0.15, 0.2) is 17.5 Å². The molecule has 0 saturated heterocycles. The lowest BCUT2D eigenvalue weighted by atomic mass is 9.94. The van der Waals surface area contributed by atoms with Crippen molar-refractivity contribution in [3.8, 4) is 62.1 Å². The van der Waals surface area contributed by atoms with Crippen molar-refractivity contribution in [2.24, 2.45) is 0 Å². The Balaban J connectivity index is 1.15. The van der Waals surface area contributed by atoms with E-state index in [9.17, 15) is 0 Å². The highest BCUT2D eigenvalue weighted by molar-refractivity contribution is 6.38. The van der Waals surface area contributed by atoms with Gasteiger partial charge in [0.25, 0.3) is 0 Å². The maximum Gasteiger partial charge on any atom is 0.164 e. The zero-order valence-corrected chi connectivity index (χ0v) is 29.6. The molecule has 11 aromatic rings. The molecule has 4 nitrogen and oxygen atoms in total. The van der Waals surface area contributed by atoms with E-state index in [1.807, 2.05) is 60.7 Å². The highest BCUT2D eigenvalue weighted by Crippen LogP contribution is 2.52. The van der Waals surface area contributed by atoms with Gasteiger partial charge in [0.1, 0.15) is 0 Å². The van der Waals surface area contributed by atoms with E-state index in [1.165, 1.54) is 76.4 Å². The average molecular weight is 699 g/mol. The molecule has 0 amide bonds. The van der Waals surface area contributed by atoms with Gasteiger partial charge in [0.05, 0.1) is 11.0 Å². The van der Waals surface area contributed by atoms with E-state index < -0.39 is 0 Å². The second-order valence-electron chi connectivity index (χ2n) is 14.3. The predicted molar refractivity (Wildman–Crippen MR) is 227 cm³/mol. The summed E-state index contributed by atoms with van der Waals surface area (Å²) >= 11 is 0. The molecular weight excluding hydrogens is 669 g/mol. The van der Waals surface area contributed by atoms with Crippen molar-refractivity contribution in [1.29, 1.82) is 0 Å². The molecule has 0 unspecified atom stereocenters. The molecule has 254 valence electrons. The number of fused-ring (bicyclic) bond motifs is 12. The van der Waals surface area contributed by atoms with Crippen molar-refractivity contribution < 1.29 is 0 Å². The molecule has 12 rings (SSSR count). The Kier molecular flexibility index (Phi) is 6.31. The smallest absolute Gasteiger partial charge is 0.164 e. The van der Waals surface area contributed by atoms with Crippen LogP contribution in [0.5, 0.6) is 0 Å². The van der Waals surface area contributed by atoms with Gasteiger partial charge in [-0.1, -0.05) is 152 Å². The second-order valence-corrected chi connectivity index (χ2v) is 14.3. The summed E-state index contributed by atoms with van der Waals surface area (Å²) in [6.45, 7) is 0. The summed E-state index contributed by atoms with van der Waals surface area (Å²) in [6, 6.07) is 64.9. The first kappa shape index (κ1) is 30.1. The summed E-state index contributed by atoms with van der Waals surface area (Å²) in [5.41, 5.74) is 11.5. The van der Waals surface area contributed by atoms with Crippen LogP contribution in [0, 0.1) is 0 Å². The topological polar surface area (TPSA) is 43.6 Å². The molecule has 0 atom stereocenters. The summed E-state index contributed by atoms with van der Waals surface area (Å²) in [4.78, 5) is 15.0. The van der Waals surface area contributed by atoms with E-state index in [0.29, 0.717) is 17.5 Å². The van der Waals surface area contributed by atoms with E-state index in [1.54, 1.807) is 0 Å². The van der Waals surface area contributed by atoms with Gasteiger partial charge in [0, 0.05) is 38.5 Å². The molecule has 0 spiro atoms. The molecule has 0 bridgehead atoms. The van der Waals surface area contributed by atoms with E-state index in [2.05, 4.69) is 126 Å². The van der Waals surface area contributed by atoms with E-state index in [4.69, 9.17) is 15.0 Å². The standard InChI is InChI=1S/C51H30N4/c1-3-14-31(15-4-1)49-52-50(32-16-5-2-6-17-32)54-51(53-49)33-26-28-34(29-27-33)55-44-30-43-38-21-8-7-19-36(38)39-24-13-25-42(45(39)43)46(44)47-40-22-11-9-18-35(40)37-20-10-12-23-41(37)48(47)55/h1-30H. The molecule has 4 heteroatoms. The first-order valence-electron chi connectivity index (χ1n) is 18.7. The van der Waals surface area contributed by atoms with Crippen LogP contribution >= 0.6 is 0 Å². The van der Waals surface area contributed by atoms with Crippen molar-refractivity contribution in [3.05, 3.63) is 182 Å². The lowest BCUT2D eigenvalue weighted by Gasteiger charge is -2.13. The van der Waals surface area contributed by atoms with Crippen LogP contribution in [0.3, 0.4) is 0 Å². The second kappa shape index (κ2) is 11.5. The number of rotatable bonds is 4. The Labute approximate surface area is 316 Å². The fourth-order valence-electron chi connectivity index (χ4n) is 8.99. The van der Waals surface area contributed by atoms with E-state index in [0.717, 1.165) is 22.4 Å². The molecule has 9 aromatic carbocycles. The predicted octanol–water partition coefficient (Wildman–Crippen LogP) is 13.1. The van der Waals surface area contributed by atoms with Gasteiger partial charge < -0.3 is 4.57 Å². The molecule has 2 aromatic heterocycles. The van der Waals surface area contributed by atoms with Crippen molar-refractivity contribution >= 4 is 54.1 Å². The number of hydrogen-bond donors (Lipinski definition) is 0. The molecule has 0 fully saturated rings. The average Bonchev–Trinajstić information content (AvgIpc) is 3.79. The quantitative estimate of drug-likeness (QED) is 0.172. The van der Waals surface area contributed by atoms with Gasteiger partial charge in [-0.05, 0) is 79.5 Å². The number of aromatic nitrogens is 4. The number of benzene rings is 9. The van der Waals surface area contributed by atoms with Crippen LogP contribution in [0.25, 0.3) is 116 Å². The normalized spacial score (nSPS) is 12.0. The minimum absolute atomic E-state index is 0.640. The van der Waals surface area contributed by atoms with Crippen LogP contribution in [-0.4, -0.2) is 19.5 Å². The van der Waals surface area contributed by atoms with Gasteiger partial charge in [-0.2, -0.15) is 0 Å². The maximum absolute atomic E-state index is 5.02. The zero-order valence-electron chi connectivity index (χ0n) is 29.6. The lowest BCUT2D eigenvalue weighted by molar-refractivity contribution is 1.07. The zero-order chi connectivity index (χ0) is 36.0. The van der Waals surface area contributed by atoms with Gasteiger partial charge in [-0.15, -0.1) is 0 Å². The Hall–Kier alpha value is -7.43. The minimum Gasteiger partial charge on any atom is -0.309 e. The van der Waals surface area contributed by atoms with Crippen molar-refractivity contribution in [3.63, 3.8) is 0 Å². The minimum atomic E-state index is 0.640. The van der Waals surface area contributed by atoms with Crippen LogP contribution in [0.2, 0.25) is 0 Å². The van der Waals surface area contributed by atoms with Crippen molar-refractivity contribution in [1.82, 2.24) is 19.5 Å². The van der Waals surface area contributed by atoms with Crippen molar-refractivity contribution in [2.45, 2.75) is 0 Å². The Morgan fingerprint density at radius 2 is 0.782 bits per heavy atom. The summed E-state index contributed by atoms with van der Waals surface area (Å²) in [5.74, 6) is 1.94. The van der Waals surface area contributed by atoms with Crippen molar-refractivity contribution in [2.75, 3.05) is 0 Å². The Morgan fingerprint density at radius 3 is 1.42 bits per heavy atom. The summed E-state index contributed by atoms with van der Waals surface area (Å²) in [6.07, 6.45) is 0. The third kappa shape index (κ3) is 4.37. The van der Waals surface area contributed by atoms with Crippen LogP contribution < -0.4 is 0 Å². The van der Waals surface area contributed by atoms with E-state index >= 15 is 0 Å². The number of hydrogen-bond acceptors (Lipinski definition) is 3. The monoisotopic (exact) mass is 698 g/mol. The molecule has 2 heterocycles. The fourth-order valence-corrected chi connectivity index (χ4v) is 8.99. The SMILES string of the molecule is c1ccc(-c2nc(-c3ccccc3)nc(-c3ccc(-n4c5cc6c7c(cccc7c5c5c7ccccc7c7ccccc7c54)-c4ccccc4-6)cc3)n2)cc1. The Bertz CT molecular complexity index is 3290. The molecular formula is C51H30N4. The lowest BCUT2D eigenvalue weighted by Crippen LogP contribution is -2.00. The number of nitrogens with zero attached hydrogens (tertiary/aromatic N) is 4. The first-order valence-corrected chi connectivity index (χ1v) is 18.7. The molecule has 0 radical (unpaired) electrons. The van der Waals surface area contributed by atoms with Crippen LogP contribution in [0.4, 0.5) is 0 Å². The molecule has 0 N–H and O–H groups in total. The molecule has 0 saturated carbocycles. The van der Waals surface area contributed by atoms with Gasteiger partial charge >= 0.3 is 0 Å². The Morgan fingerprint density at radius 1 is 0.309 bits per heavy atom. The van der Waals surface area contributed by atoms with Gasteiger partial charge in [0.2, 0.25) is 0 Å².